The van der Waals surface area contributed by atoms with Crippen LogP contribution in [0.15, 0.2) is 16.5 Å². The van der Waals surface area contributed by atoms with E-state index < -0.39 is 0 Å². The summed E-state index contributed by atoms with van der Waals surface area (Å²) in [5.74, 6) is 4.23. The average Bonchev–Trinajstić information content (AvgIpc) is 3.02. The Balaban J connectivity index is 1.27. The number of ether oxygens (including phenoxy) is 1. The number of carbonyl (C=O) groups is 1. The van der Waals surface area contributed by atoms with Crippen molar-refractivity contribution in [1.82, 2.24) is 9.80 Å². The van der Waals surface area contributed by atoms with Gasteiger partial charge in [-0.15, -0.1) is 0 Å². The molecule has 5 nitrogen and oxygen atoms in total. The van der Waals surface area contributed by atoms with Crippen molar-refractivity contribution in [1.29, 1.82) is 0 Å². The van der Waals surface area contributed by atoms with Crippen molar-refractivity contribution in [3.8, 4) is 0 Å². The topological polar surface area (TPSA) is 45.9 Å². The summed E-state index contributed by atoms with van der Waals surface area (Å²) in [6.07, 6.45) is 2.50. The quantitative estimate of drug-likeness (QED) is 0.822. The summed E-state index contributed by atoms with van der Waals surface area (Å²) in [5, 5.41) is 0. The molecule has 1 aliphatic carbocycles. The number of aryl methyl sites for hydroxylation is 1. The standard InChI is InChI=1S/C20H30N2O3/c1-14-11-17(14)19-5-3-16(25-19)4-6-20(23)22-12-15(2)18(13-22)21-7-9-24-10-8-21/h3,5,14-15,17-18H,4,6-13H2,1-2H3/t14-,15+,17+,18+/m1/s1. The van der Waals surface area contributed by atoms with Gasteiger partial charge in [0.25, 0.3) is 0 Å². The largest absolute Gasteiger partial charge is 0.466 e. The van der Waals surface area contributed by atoms with E-state index in [9.17, 15) is 4.79 Å². The zero-order chi connectivity index (χ0) is 17.4. The van der Waals surface area contributed by atoms with E-state index in [1.807, 2.05) is 0 Å². The van der Waals surface area contributed by atoms with Crippen LogP contribution in [0.5, 0.6) is 0 Å². The molecule has 4 rings (SSSR count). The Morgan fingerprint density at radius 3 is 2.64 bits per heavy atom. The summed E-state index contributed by atoms with van der Waals surface area (Å²) in [6, 6.07) is 4.64. The highest BCUT2D eigenvalue weighted by molar-refractivity contribution is 5.76. The van der Waals surface area contributed by atoms with Crippen molar-refractivity contribution in [2.24, 2.45) is 11.8 Å². The molecule has 2 saturated heterocycles. The molecule has 1 aromatic heterocycles. The summed E-state index contributed by atoms with van der Waals surface area (Å²) in [7, 11) is 0. The molecule has 0 radical (unpaired) electrons. The molecule has 0 unspecified atom stereocenters. The highest BCUT2D eigenvalue weighted by atomic mass is 16.5. The zero-order valence-electron chi connectivity index (χ0n) is 15.4. The summed E-state index contributed by atoms with van der Waals surface area (Å²) in [4.78, 5) is 17.2. The van der Waals surface area contributed by atoms with Gasteiger partial charge in [-0.3, -0.25) is 9.69 Å². The molecule has 2 aliphatic heterocycles. The van der Waals surface area contributed by atoms with Crippen LogP contribution in [0.3, 0.4) is 0 Å². The predicted molar refractivity (Wildman–Crippen MR) is 95.5 cm³/mol. The fourth-order valence-corrected chi connectivity index (χ4v) is 4.37. The highest BCUT2D eigenvalue weighted by Gasteiger charge is 2.37. The van der Waals surface area contributed by atoms with Crippen LogP contribution in [0, 0.1) is 11.8 Å². The first-order valence-electron chi connectivity index (χ1n) is 9.80. The highest BCUT2D eigenvalue weighted by Crippen LogP contribution is 2.47. The second-order valence-electron chi connectivity index (χ2n) is 8.12. The van der Waals surface area contributed by atoms with Gasteiger partial charge in [0.15, 0.2) is 0 Å². The second-order valence-corrected chi connectivity index (χ2v) is 8.12. The van der Waals surface area contributed by atoms with Gasteiger partial charge in [0.2, 0.25) is 5.91 Å². The lowest BCUT2D eigenvalue weighted by Crippen LogP contribution is -2.47. The Bertz CT molecular complexity index is 608. The van der Waals surface area contributed by atoms with E-state index >= 15 is 0 Å². The fraction of sp³-hybridized carbons (Fsp3) is 0.750. The van der Waals surface area contributed by atoms with E-state index in [0.717, 1.165) is 56.8 Å². The van der Waals surface area contributed by atoms with Crippen LogP contribution >= 0.6 is 0 Å². The maximum atomic E-state index is 12.6. The lowest BCUT2D eigenvalue weighted by Gasteiger charge is -2.33. The third-order valence-electron chi connectivity index (χ3n) is 6.18. The molecule has 1 aromatic rings. The van der Waals surface area contributed by atoms with Crippen LogP contribution in [0.25, 0.3) is 0 Å². The van der Waals surface area contributed by atoms with Crippen LogP contribution in [0.1, 0.15) is 44.1 Å². The van der Waals surface area contributed by atoms with E-state index in [-0.39, 0.29) is 5.91 Å². The first kappa shape index (κ1) is 17.1. The first-order chi connectivity index (χ1) is 12.1. The Labute approximate surface area is 150 Å². The first-order valence-corrected chi connectivity index (χ1v) is 9.80. The van der Waals surface area contributed by atoms with E-state index in [0.29, 0.717) is 30.7 Å². The molecule has 3 fully saturated rings. The minimum Gasteiger partial charge on any atom is -0.466 e. The lowest BCUT2D eigenvalue weighted by atomic mass is 10.0. The summed E-state index contributed by atoms with van der Waals surface area (Å²) < 4.78 is 11.4. The third-order valence-corrected chi connectivity index (χ3v) is 6.18. The van der Waals surface area contributed by atoms with Crippen molar-refractivity contribution in [3.05, 3.63) is 23.7 Å². The van der Waals surface area contributed by atoms with Gasteiger partial charge in [-0.2, -0.15) is 0 Å². The second kappa shape index (κ2) is 7.12. The van der Waals surface area contributed by atoms with Crippen molar-refractivity contribution < 1.29 is 13.9 Å². The van der Waals surface area contributed by atoms with E-state index in [4.69, 9.17) is 9.15 Å². The summed E-state index contributed by atoms with van der Waals surface area (Å²) >= 11 is 0. The van der Waals surface area contributed by atoms with Crippen LogP contribution in [-0.2, 0) is 16.0 Å². The van der Waals surface area contributed by atoms with Crippen molar-refractivity contribution in [2.75, 3.05) is 39.4 Å². The van der Waals surface area contributed by atoms with Gasteiger partial charge in [-0.25, -0.2) is 0 Å². The molecule has 0 spiro atoms. The fourth-order valence-electron chi connectivity index (χ4n) is 4.37. The van der Waals surface area contributed by atoms with Crippen LogP contribution in [0.2, 0.25) is 0 Å². The SMILES string of the molecule is C[C@@H]1C[C@@H]1c1ccc(CCC(=O)N2C[C@H](C)[C@@H](N3CCOCC3)C2)o1. The van der Waals surface area contributed by atoms with Crippen LogP contribution in [0.4, 0.5) is 0 Å². The normalized spacial score (nSPS) is 33.0. The number of likely N-dealkylation sites (tertiary alicyclic amines) is 1. The number of amides is 1. The van der Waals surface area contributed by atoms with Gasteiger partial charge in [0, 0.05) is 51.0 Å². The van der Waals surface area contributed by atoms with Gasteiger partial charge in [0.05, 0.1) is 13.2 Å². The molecule has 1 saturated carbocycles. The van der Waals surface area contributed by atoms with Crippen LogP contribution in [-0.4, -0.2) is 61.1 Å². The number of rotatable bonds is 5. The van der Waals surface area contributed by atoms with Gasteiger partial charge in [-0.05, 0) is 30.4 Å². The van der Waals surface area contributed by atoms with Gasteiger partial charge < -0.3 is 14.1 Å². The smallest absolute Gasteiger partial charge is 0.223 e. The number of furan rings is 1. The lowest BCUT2D eigenvalue weighted by molar-refractivity contribution is -0.130. The molecule has 3 aliphatic rings. The molecule has 3 heterocycles. The van der Waals surface area contributed by atoms with Gasteiger partial charge in [0.1, 0.15) is 11.5 Å². The van der Waals surface area contributed by atoms with E-state index in [2.05, 4.69) is 35.8 Å². The molecule has 0 N–H and O–H groups in total. The van der Waals surface area contributed by atoms with Gasteiger partial charge in [-0.1, -0.05) is 13.8 Å². The summed E-state index contributed by atoms with van der Waals surface area (Å²) in [5.41, 5.74) is 0. The number of carbonyl (C=O) groups excluding carboxylic acids is 1. The maximum Gasteiger partial charge on any atom is 0.223 e. The average molecular weight is 346 g/mol. The Kier molecular flexibility index (Phi) is 4.87. The van der Waals surface area contributed by atoms with Crippen molar-refractivity contribution in [2.45, 2.75) is 45.1 Å². The predicted octanol–water partition coefficient (Wildman–Crippen LogP) is 2.51. The molecule has 0 bridgehead atoms. The molecular formula is C20H30N2O3. The number of morpholine rings is 1. The molecule has 25 heavy (non-hydrogen) atoms. The molecule has 1 amide bonds. The molecule has 0 aromatic carbocycles. The Hall–Kier alpha value is -1.33. The maximum absolute atomic E-state index is 12.6. The Morgan fingerprint density at radius 1 is 1.16 bits per heavy atom. The van der Waals surface area contributed by atoms with Crippen molar-refractivity contribution in [3.63, 3.8) is 0 Å². The number of hydrogen-bond acceptors (Lipinski definition) is 4. The van der Waals surface area contributed by atoms with Gasteiger partial charge >= 0.3 is 0 Å². The molecule has 138 valence electrons. The number of hydrogen-bond donors (Lipinski definition) is 0. The van der Waals surface area contributed by atoms with E-state index in [1.54, 1.807) is 0 Å². The molecule has 4 atom stereocenters. The third kappa shape index (κ3) is 3.77. The molecule has 5 heteroatoms. The minimum absolute atomic E-state index is 0.264. The van der Waals surface area contributed by atoms with Crippen LogP contribution < -0.4 is 0 Å². The van der Waals surface area contributed by atoms with E-state index in [1.165, 1.54) is 6.42 Å². The Morgan fingerprint density at radius 2 is 1.92 bits per heavy atom. The zero-order valence-corrected chi connectivity index (χ0v) is 15.4. The monoisotopic (exact) mass is 346 g/mol. The summed E-state index contributed by atoms with van der Waals surface area (Å²) in [6.45, 7) is 9.89. The minimum atomic E-state index is 0.264. The molecular weight excluding hydrogens is 316 g/mol. The number of nitrogens with zero attached hydrogens (tertiary/aromatic N) is 2. The van der Waals surface area contributed by atoms with Crippen molar-refractivity contribution >= 4 is 5.91 Å².